The minimum Gasteiger partial charge on any atom is -0.496 e. The third-order valence-electron chi connectivity index (χ3n) is 3.44. The summed E-state index contributed by atoms with van der Waals surface area (Å²) in [4.78, 5) is 11.7. The molecule has 0 aliphatic rings. The van der Waals surface area contributed by atoms with Gasteiger partial charge in [0.05, 0.1) is 40.0 Å². The van der Waals surface area contributed by atoms with Gasteiger partial charge in [-0.05, 0) is 24.3 Å². The molecule has 0 spiro atoms. The zero-order valence-corrected chi connectivity index (χ0v) is 15.8. The van der Waals surface area contributed by atoms with Gasteiger partial charge in [-0.2, -0.15) is 10.5 Å². The molecule has 0 heterocycles. The maximum absolute atomic E-state index is 12.7. The topological polar surface area (TPSA) is 73.9 Å². The molecule has 0 saturated heterocycles. The second-order valence-electron chi connectivity index (χ2n) is 4.93. The van der Waals surface area contributed by atoms with E-state index in [-0.39, 0.29) is 10.6 Å². The van der Waals surface area contributed by atoms with Crippen LogP contribution in [0.15, 0.2) is 42.5 Å². The lowest BCUT2D eigenvalue weighted by molar-refractivity contribution is 0.0990. The van der Waals surface area contributed by atoms with Crippen LogP contribution in [-0.2, 0) is 0 Å². The molecule has 0 amide bonds. The number of Topliss-reactive ketones (excluding diaryl/α,β-unsaturated/α-hetero) is 1. The number of nitrogens with zero attached hydrogens (tertiary/aromatic N) is 2. The second kappa shape index (κ2) is 8.10. The van der Waals surface area contributed by atoms with Gasteiger partial charge in [-0.1, -0.05) is 50.1 Å². The van der Waals surface area contributed by atoms with E-state index in [1.807, 2.05) is 6.07 Å². The summed E-state index contributed by atoms with van der Waals surface area (Å²) in [6.07, 6.45) is 0. The van der Waals surface area contributed by atoms with Crippen LogP contribution < -0.4 is 4.74 Å². The number of carbonyl (C=O) groups excluding carboxylic acids is 1. The Morgan fingerprint density at radius 3 is 2.38 bits per heavy atom. The predicted molar refractivity (Wildman–Crippen MR) is 97.6 cm³/mol. The van der Waals surface area contributed by atoms with Crippen LogP contribution in [-0.4, -0.2) is 17.7 Å². The highest BCUT2D eigenvalue weighted by Gasteiger charge is 2.28. The molecule has 2 aromatic carbocycles. The molecule has 2 atom stereocenters. The van der Waals surface area contributed by atoms with Crippen molar-refractivity contribution < 1.29 is 9.53 Å². The lowest BCUT2D eigenvalue weighted by Gasteiger charge is -2.19. The lowest BCUT2D eigenvalue weighted by Crippen LogP contribution is -2.19. The number of rotatable bonds is 5. The lowest BCUT2D eigenvalue weighted by atomic mass is 10.00. The quantitative estimate of drug-likeness (QED) is 0.498. The Bertz CT molecular complexity index is 853. The Morgan fingerprint density at radius 2 is 1.75 bits per heavy atom. The van der Waals surface area contributed by atoms with Gasteiger partial charge in [0.2, 0.25) is 0 Å². The molecular formula is C18H12Br2N2O2. The number of carbonyl (C=O) groups is 1. The van der Waals surface area contributed by atoms with Crippen LogP contribution >= 0.6 is 31.9 Å². The Morgan fingerprint density at radius 1 is 1.08 bits per heavy atom. The van der Waals surface area contributed by atoms with Crippen molar-refractivity contribution in [2.75, 3.05) is 7.11 Å². The summed E-state index contributed by atoms with van der Waals surface area (Å²) in [7, 11) is 1.52. The fourth-order valence-electron chi connectivity index (χ4n) is 2.20. The van der Waals surface area contributed by atoms with E-state index in [0.717, 1.165) is 5.56 Å². The van der Waals surface area contributed by atoms with Crippen LogP contribution in [0.4, 0.5) is 0 Å². The van der Waals surface area contributed by atoms with Crippen molar-refractivity contribution in [3.8, 4) is 17.9 Å². The van der Waals surface area contributed by atoms with Crippen LogP contribution in [0.25, 0.3) is 0 Å². The molecule has 0 radical (unpaired) electrons. The number of benzene rings is 2. The maximum Gasteiger partial charge on any atom is 0.177 e. The Hall–Kier alpha value is -2.15. The molecule has 2 unspecified atom stereocenters. The van der Waals surface area contributed by atoms with Gasteiger partial charge in [0, 0.05) is 11.1 Å². The third kappa shape index (κ3) is 3.84. The summed E-state index contributed by atoms with van der Waals surface area (Å²) in [5, 5.41) is 17.9. The van der Waals surface area contributed by atoms with E-state index in [0.29, 0.717) is 22.4 Å². The molecule has 0 aromatic heterocycles. The van der Waals surface area contributed by atoms with Gasteiger partial charge in [-0.3, -0.25) is 4.79 Å². The zero-order valence-electron chi connectivity index (χ0n) is 12.7. The highest BCUT2D eigenvalue weighted by Crippen LogP contribution is 2.38. The van der Waals surface area contributed by atoms with Crippen molar-refractivity contribution in [3.63, 3.8) is 0 Å². The van der Waals surface area contributed by atoms with Gasteiger partial charge in [0.15, 0.2) is 5.78 Å². The van der Waals surface area contributed by atoms with Crippen molar-refractivity contribution in [2.45, 2.75) is 9.65 Å². The summed E-state index contributed by atoms with van der Waals surface area (Å²) >= 11 is 6.96. The molecule has 120 valence electrons. The van der Waals surface area contributed by atoms with Crippen molar-refractivity contribution in [3.05, 3.63) is 64.7 Å². The molecule has 6 heteroatoms. The minimum absolute atomic E-state index is 0.152. The second-order valence-corrected chi connectivity index (χ2v) is 6.90. The highest BCUT2D eigenvalue weighted by molar-refractivity contribution is 9.12. The summed E-state index contributed by atoms with van der Waals surface area (Å²) in [5.41, 5.74) is 2.12. The third-order valence-corrected chi connectivity index (χ3v) is 6.12. The first-order valence-electron chi connectivity index (χ1n) is 6.92. The first-order chi connectivity index (χ1) is 11.5. The number of alkyl halides is 2. The number of ether oxygens (including phenoxy) is 1. The number of ketones is 1. The highest BCUT2D eigenvalue weighted by atomic mass is 79.9. The number of hydrogen-bond acceptors (Lipinski definition) is 4. The van der Waals surface area contributed by atoms with E-state index in [4.69, 9.17) is 15.3 Å². The fraction of sp³-hybridized carbons (Fsp3) is 0.167. The molecule has 0 bridgehead atoms. The molecule has 0 saturated carbocycles. The Kier molecular flexibility index (Phi) is 6.14. The van der Waals surface area contributed by atoms with Crippen molar-refractivity contribution >= 4 is 37.6 Å². The van der Waals surface area contributed by atoms with E-state index in [1.165, 1.54) is 7.11 Å². The van der Waals surface area contributed by atoms with Crippen molar-refractivity contribution in [1.29, 1.82) is 10.5 Å². The molecule has 2 rings (SSSR count). The van der Waals surface area contributed by atoms with Crippen LogP contribution in [0.2, 0.25) is 0 Å². The van der Waals surface area contributed by atoms with E-state index in [9.17, 15) is 4.79 Å². The summed E-state index contributed by atoms with van der Waals surface area (Å²) in [5.74, 6) is 0.374. The number of methoxy groups -OCH3 is 1. The van der Waals surface area contributed by atoms with Crippen LogP contribution in [0.3, 0.4) is 0 Å². The predicted octanol–water partition coefficient (Wildman–Crippen LogP) is 4.52. The molecule has 24 heavy (non-hydrogen) atoms. The molecule has 0 fully saturated rings. The Labute approximate surface area is 156 Å². The van der Waals surface area contributed by atoms with Crippen molar-refractivity contribution in [2.24, 2.45) is 0 Å². The largest absolute Gasteiger partial charge is 0.496 e. The molecular weight excluding hydrogens is 436 g/mol. The zero-order chi connectivity index (χ0) is 17.7. The van der Waals surface area contributed by atoms with Gasteiger partial charge >= 0.3 is 0 Å². The van der Waals surface area contributed by atoms with Crippen LogP contribution in [0.5, 0.6) is 5.75 Å². The van der Waals surface area contributed by atoms with E-state index < -0.39 is 4.83 Å². The van der Waals surface area contributed by atoms with E-state index in [2.05, 4.69) is 37.9 Å². The summed E-state index contributed by atoms with van der Waals surface area (Å²) in [6.45, 7) is 0. The van der Waals surface area contributed by atoms with Gasteiger partial charge in [-0.15, -0.1) is 0 Å². The van der Waals surface area contributed by atoms with E-state index >= 15 is 0 Å². The average molecular weight is 448 g/mol. The SMILES string of the molecule is COc1cc(C#N)ccc1C(Br)C(Br)C(=O)c1cccc(C#N)c1. The molecule has 4 nitrogen and oxygen atoms in total. The van der Waals surface area contributed by atoms with Crippen LogP contribution in [0.1, 0.15) is 31.9 Å². The normalized spacial score (nSPS) is 12.5. The number of hydrogen-bond donors (Lipinski definition) is 0. The van der Waals surface area contributed by atoms with Gasteiger partial charge in [0.1, 0.15) is 5.75 Å². The standard InChI is InChI=1S/C18H12Br2N2O2/c1-24-15-8-12(10-22)5-6-14(15)16(19)17(20)18(23)13-4-2-3-11(7-13)9-21/h2-8,16-17H,1H3. The minimum atomic E-state index is -0.562. The van der Waals surface area contributed by atoms with Gasteiger partial charge in [0.25, 0.3) is 0 Å². The Balaban J connectivity index is 2.32. The molecule has 2 aromatic rings. The maximum atomic E-state index is 12.7. The van der Waals surface area contributed by atoms with Crippen LogP contribution in [0, 0.1) is 22.7 Å². The number of nitriles is 2. The average Bonchev–Trinajstić information content (AvgIpc) is 2.65. The molecule has 0 N–H and O–H groups in total. The first-order valence-corrected chi connectivity index (χ1v) is 8.75. The number of halogens is 2. The monoisotopic (exact) mass is 446 g/mol. The molecule has 0 aliphatic heterocycles. The van der Waals surface area contributed by atoms with E-state index in [1.54, 1.807) is 42.5 Å². The van der Waals surface area contributed by atoms with Crippen molar-refractivity contribution in [1.82, 2.24) is 0 Å². The van der Waals surface area contributed by atoms with Gasteiger partial charge < -0.3 is 4.74 Å². The smallest absolute Gasteiger partial charge is 0.177 e. The first kappa shape index (κ1) is 18.2. The van der Waals surface area contributed by atoms with Gasteiger partial charge in [-0.25, -0.2) is 0 Å². The molecule has 0 aliphatic carbocycles. The fourth-order valence-corrected chi connectivity index (χ4v) is 3.37. The summed E-state index contributed by atoms with van der Waals surface area (Å²) < 4.78 is 5.32. The summed E-state index contributed by atoms with van der Waals surface area (Å²) in [6, 6.07) is 15.7.